The molecule has 4 heterocycles. The Kier molecular flexibility index (Phi) is 5.47. The van der Waals surface area contributed by atoms with Crippen molar-refractivity contribution in [1.82, 2.24) is 25.2 Å². The molecule has 170 valence electrons. The second kappa shape index (κ2) is 8.58. The first-order valence-electron chi connectivity index (χ1n) is 10.2. The molecule has 0 radical (unpaired) electrons. The van der Waals surface area contributed by atoms with Gasteiger partial charge in [-0.05, 0) is 18.2 Å². The Morgan fingerprint density at radius 1 is 1.27 bits per heavy atom. The summed E-state index contributed by atoms with van der Waals surface area (Å²) >= 11 is 0. The number of aromatic amines is 1. The van der Waals surface area contributed by atoms with Gasteiger partial charge in [0.1, 0.15) is 29.9 Å². The number of methoxy groups -OCH3 is 1. The number of benzene rings is 1. The normalized spacial score (nSPS) is 14.0. The zero-order valence-electron chi connectivity index (χ0n) is 17.5. The molecule has 0 bridgehead atoms. The molecule has 0 spiro atoms. The first kappa shape index (κ1) is 21.0. The average molecular weight is 455 g/mol. The number of pyridine rings is 1. The van der Waals surface area contributed by atoms with Crippen molar-refractivity contribution in [3.8, 4) is 28.5 Å². The number of ether oxygens (including phenoxy) is 2. The van der Waals surface area contributed by atoms with E-state index in [4.69, 9.17) is 14.0 Å². The number of likely N-dealkylation sites (tertiary alicyclic amines) is 1. The number of nitrogens with zero attached hydrogens (tertiary/aromatic N) is 4. The van der Waals surface area contributed by atoms with E-state index in [9.17, 15) is 13.6 Å². The minimum Gasteiger partial charge on any atom is -0.488 e. The fourth-order valence-electron chi connectivity index (χ4n) is 3.50. The Balaban J connectivity index is 1.36. The van der Waals surface area contributed by atoms with Crippen LogP contribution in [0.5, 0.6) is 5.75 Å². The topological polar surface area (TPSA) is 106 Å². The molecular weight excluding hydrogens is 436 g/mol. The van der Waals surface area contributed by atoms with Crippen LogP contribution in [-0.4, -0.2) is 70.7 Å². The Bertz CT molecular complexity index is 1300. The highest BCUT2D eigenvalue weighted by atomic mass is 19.1. The summed E-state index contributed by atoms with van der Waals surface area (Å²) in [5.41, 5.74) is 2.28. The Hall–Kier alpha value is -3.86. The van der Waals surface area contributed by atoms with E-state index in [1.54, 1.807) is 18.2 Å². The van der Waals surface area contributed by atoms with E-state index in [-0.39, 0.29) is 37.0 Å². The van der Waals surface area contributed by atoms with Gasteiger partial charge in [0.25, 0.3) is 5.91 Å². The van der Waals surface area contributed by atoms with Crippen molar-refractivity contribution in [2.24, 2.45) is 0 Å². The lowest BCUT2D eigenvalue weighted by Gasteiger charge is -2.33. The average Bonchev–Trinajstić information content (AvgIpc) is 3.44. The molecule has 33 heavy (non-hydrogen) atoms. The highest BCUT2D eigenvalue weighted by molar-refractivity contribution is 5.94. The third-order valence-electron chi connectivity index (χ3n) is 5.31. The molecule has 1 aliphatic heterocycles. The predicted octanol–water partition coefficient (Wildman–Crippen LogP) is 3.24. The van der Waals surface area contributed by atoms with Crippen LogP contribution in [0.3, 0.4) is 0 Å². The van der Waals surface area contributed by atoms with Gasteiger partial charge in [-0.25, -0.2) is 8.78 Å². The van der Waals surface area contributed by atoms with Crippen LogP contribution in [0.25, 0.3) is 33.6 Å². The number of carbonyl (C=O) groups is 1. The summed E-state index contributed by atoms with van der Waals surface area (Å²) in [5, 5.41) is 11.6. The van der Waals surface area contributed by atoms with Crippen LogP contribution < -0.4 is 4.74 Å². The van der Waals surface area contributed by atoms with E-state index in [0.717, 1.165) is 0 Å². The van der Waals surface area contributed by atoms with Gasteiger partial charge in [0.05, 0.1) is 25.2 Å². The molecule has 3 aromatic heterocycles. The number of carbonyl (C=O) groups excluding carboxylic acids is 1. The molecule has 1 saturated heterocycles. The van der Waals surface area contributed by atoms with E-state index >= 15 is 0 Å². The van der Waals surface area contributed by atoms with E-state index in [1.165, 1.54) is 30.3 Å². The second-order valence-electron chi connectivity index (χ2n) is 7.56. The number of hydrogen-bond donors (Lipinski definition) is 1. The maximum atomic E-state index is 14.5. The highest BCUT2D eigenvalue weighted by Crippen LogP contribution is 2.33. The molecular formula is C22H19F2N5O4. The third-order valence-corrected chi connectivity index (χ3v) is 5.31. The Morgan fingerprint density at radius 2 is 2.12 bits per heavy atom. The molecule has 1 aromatic carbocycles. The van der Waals surface area contributed by atoms with Crippen LogP contribution in [-0.2, 0) is 4.74 Å². The number of halogens is 2. The minimum absolute atomic E-state index is 0.0912. The molecule has 1 aliphatic rings. The van der Waals surface area contributed by atoms with Crippen LogP contribution in [0, 0.1) is 5.82 Å². The number of fused-ring (bicyclic) bond motifs is 1. The van der Waals surface area contributed by atoms with Crippen molar-refractivity contribution >= 4 is 16.8 Å². The van der Waals surface area contributed by atoms with Crippen molar-refractivity contribution in [2.75, 3.05) is 33.4 Å². The number of aromatic nitrogens is 4. The van der Waals surface area contributed by atoms with Crippen molar-refractivity contribution < 1.29 is 27.6 Å². The third kappa shape index (κ3) is 4.02. The van der Waals surface area contributed by atoms with Gasteiger partial charge in [-0.1, -0.05) is 5.16 Å². The van der Waals surface area contributed by atoms with Gasteiger partial charge in [0.2, 0.25) is 0 Å². The molecule has 0 aliphatic carbocycles. The summed E-state index contributed by atoms with van der Waals surface area (Å²) in [5.74, 6) is -0.425. The highest BCUT2D eigenvalue weighted by Gasteiger charge is 2.31. The van der Waals surface area contributed by atoms with Gasteiger partial charge >= 0.3 is 0 Å². The van der Waals surface area contributed by atoms with Gasteiger partial charge in [-0.2, -0.15) is 5.10 Å². The number of hydrogen-bond acceptors (Lipinski definition) is 7. The summed E-state index contributed by atoms with van der Waals surface area (Å²) in [6.45, 7) is 0.743. The molecule has 9 nitrogen and oxygen atoms in total. The number of alkyl halides is 1. The van der Waals surface area contributed by atoms with Crippen LogP contribution >= 0.6 is 0 Å². The molecule has 0 atom stereocenters. The van der Waals surface area contributed by atoms with Crippen molar-refractivity contribution in [1.29, 1.82) is 0 Å². The maximum Gasteiger partial charge on any atom is 0.272 e. The number of H-pyrrole nitrogens is 1. The monoisotopic (exact) mass is 455 g/mol. The first-order valence-corrected chi connectivity index (χ1v) is 10.2. The lowest BCUT2D eigenvalue weighted by atomic mass is 10.1. The van der Waals surface area contributed by atoms with Crippen LogP contribution in [0.4, 0.5) is 8.78 Å². The van der Waals surface area contributed by atoms with E-state index in [1.807, 2.05) is 0 Å². The van der Waals surface area contributed by atoms with E-state index < -0.39 is 12.0 Å². The van der Waals surface area contributed by atoms with Crippen molar-refractivity contribution in [3.63, 3.8) is 0 Å². The number of nitrogens with one attached hydrogen (secondary N) is 1. The molecule has 1 N–H and O–H groups in total. The smallest absolute Gasteiger partial charge is 0.272 e. The lowest BCUT2D eigenvalue weighted by molar-refractivity contribution is 0.0394. The summed E-state index contributed by atoms with van der Waals surface area (Å²) < 4.78 is 43.2. The molecule has 11 heteroatoms. The summed E-state index contributed by atoms with van der Waals surface area (Å²) in [7, 11) is 1.54. The largest absolute Gasteiger partial charge is 0.488 e. The molecule has 1 amide bonds. The van der Waals surface area contributed by atoms with Gasteiger partial charge in [0, 0.05) is 36.4 Å². The van der Waals surface area contributed by atoms with Crippen molar-refractivity contribution in [2.45, 2.75) is 6.17 Å². The van der Waals surface area contributed by atoms with Gasteiger partial charge in [-0.15, -0.1) is 0 Å². The van der Waals surface area contributed by atoms with Gasteiger partial charge in [0.15, 0.2) is 17.3 Å². The van der Waals surface area contributed by atoms with Crippen molar-refractivity contribution in [3.05, 3.63) is 48.0 Å². The Labute approximate surface area is 186 Å². The SMILES string of the molecule is COCCOc1cc2[nH]nc(-c3cc(-c4ccc(C(=O)N5CC(F)C5)nc4)no3)c2cc1F. The standard InChI is InChI=1S/C22H19F2N5O4/c1-31-4-5-32-19-8-18-14(6-15(19)24)21(27-26-18)20-7-17(28-33-20)12-2-3-16(25-9-12)22(30)29-10-13(23)11-29/h2-3,6-9,13H,4-5,10-11H2,1H3,(H,26,27). The molecule has 0 unspecified atom stereocenters. The zero-order valence-corrected chi connectivity index (χ0v) is 17.5. The van der Waals surface area contributed by atoms with Crippen LogP contribution in [0.2, 0.25) is 0 Å². The quantitative estimate of drug-likeness (QED) is 0.427. The number of amides is 1. The Morgan fingerprint density at radius 3 is 2.85 bits per heavy atom. The summed E-state index contributed by atoms with van der Waals surface area (Å²) in [6, 6.07) is 7.73. The first-order chi connectivity index (χ1) is 16.0. The molecule has 0 saturated carbocycles. The van der Waals surface area contributed by atoms with E-state index in [2.05, 4.69) is 20.3 Å². The maximum absolute atomic E-state index is 14.5. The number of rotatable bonds is 7. The van der Waals surface area contributed by atoms with E-state index in [0.29, 0.717) is 40.2 Å². The fraction of sp³-hybridized carbons (Fsp3) is 0.273. The van der Waals surface area contributed by atoms with Crippen LogP contribution in [0.15, 0.2) is 41.1 Å². The summed E-state index contributed by atoms with van der Waals surface area (Å²) in [6.07, 6.45) is 0.524. The zero-order chi connectivity index (χ0) is 22.9. The second-order valence-corrected chi connectivity index (χ2v) is 7.56. The molecule has 4 aromatic rings. The van der Waals surface area contributed by atoms with Crippen LogP contribution in [0.1, 0.15) is 10.5 Å². The molecule has 5 rings (SSSR count). The minimum atomic E-state index is -0.969. The lowest BCUT2D eigenvalue weighted by Crippen LogP contribution is -2.51. The van der Waals surface area contributed by atoms with Gasteiger partial charge in [-0.3, -0.25) is 14.9 Å². The summed E-state index contributed by atoms with van der Waals surface area (Å²) in [4.78, 5) is 17.8. The molecule has 1 fully saturated rings. The predicted molar refractivity (Wildman–Crippen MR) is 113 cm³/mol. The fourth-order valence-corrected chi connectivity index (χ4v) is 3.50. The van der Waals surface area contributed by atoms with Gasteiger partial charge < -0.3 is 18.9 Å².